The minimum Gasteiger partial charge on any atom is -0.313 e. The van der Waals surface area contributed by atoms with E-state index in [9.17, 15) is 4.79 Å². The van der Waals surface area contributed by atoms with Crippen molar-refractivity contribution in [2.24, 2.45) is 0 Å². The Morgan fingerprint density at radius 1 is 1.38 bits per heavy atom. The number of nitrogens with zero attached hydrogens (tertiary/aromatic N) is 5. The predicted molar refractivity (Wildman–Crippen MR) is 103 cm³/mol. The summed E-state index contributed by atoms with van der Waals surface area (Å²) < 4.78 is 1.80. The molecule has 2 heterocycles. The number of thioether (sulfide) groups is 1. The lowest BCUT2D eigenvalue weighted by Crippen LogP contribution is -2.34. The van der Waals surface area contributed by atoms with Crippen molar-refractivity contribution < 1.29 is 4.79 Å². The molecule has 0 radical (unpaired) electrons. The highest BCUT2D eigenvalue weighted by Gasteiger charge is 2.35. The molecule has 0 aliphatic heterocycles. The first-order valence-electron chi connectivity index (χ1n) is 9.24. The van der Waals surface area contributed by atoms with Gasteiger partial charge in [0.2, 0.25) is 11.1 Å². The molecule has 4 rings (SSSR count). The summed E-state index contributed by atoms with van der Waals surface area (Å²) >= 11 is 3.19. The third-order valence-electron chi connectivity index (χ3n) is 4.73. The van der Waals surface area contributed by atoms with Crippen molar-refractivity contribution in [3.8, 4) is 0 Å². The molecule has 8 heteroatoms. The zero-order valence-electron chi connectivity index (χ0n) is 14.7. The Labute approximate surface area is 161 Å². The Hall–Kier alpha value is -1.67. The highest BCUT2D eigenvalue weighted by Crippen LogP contribution is 2.34. The van der Waals surface area contributed by atoms with Crippen molar-refractivity contribution in [2.45, 2.75) is 62.7 Å². The molecule has 26 heavy (non-hydrogen) atoms. The fraction of sp³-hybridized carbons (Fsp3) is 0.556. The second-order valence-corrected chi connectivity index (χ2v) is 8.71. The third kappa shape index (κ3) is 4.35. The van der Waals surface area contributed by atoms with Gasteiger partial charge in [0.15, 0.2) is 0 Å². The molecule has 1 amide bonds. The summed E-state index contributed by atoms with van der Waals surface area (Å²) in [5.41, 5.74) is 1.24. The molecule has 2 aliphatic rings. The van der Waals surface area contributed by atoms with Crippen LogP contribution in [0.5, 0.6) is 0 Å². The molecule has 1 fully saturated rings. The van der Waals surface area contributed by atoms with Crippen molar-refractivity contribution in [3.63, 3.8) is 0 Å². The van der Waals surface area contributed by atoms with Crippen molar-refractivity contribution >= 4 is 29.0 Å². The zero-order valence-corrected chi connectivity index (χ0v) is 16.3. The minimum atomic E-state index is 0.193. The number of hydrogen-bond donors (Lipinski definition) is 0. The number of carbonyl (C=O) groups excluding carboxylic acids is 1. The van der Waals surface area contributed by atoms with Crippen LogP contribution in [0.4, 0.5) is 0 Å². The van der Waals surface area contributed by atoms with E-state index in [-0.39, 0.29) is 5.91 Å². The van der Waals surface area contributed by atoms with Gasteiger partial charge in [0.05, 0.1) is 12.3 Å². The normalized spacial score (nSPS) is 17.2. The first-order valence-corrected chi connectivity index (χ1v) is 11.1. The SMILES string of the molecule is O=C(CSc1nnnn1CCc1cccs1)N(C1=CCCCC1)C1CC1. The molecular formula is C18H23N5OS2. The number of thiophene rings is 1. The van der Waals surface area contributed by atoms with E-state index in [0.29, 0.717) is 11.8 Å². The Morgan fingerprint density at radius 3 is 3.04 bits per heavy atom. The minimum absolute atomic E-state index is 0.193. The highest BCUT2D eigenvalue weighted by atomic mass is 32.2. The number of amides is 1. The van der Waals surface area contributed by atoms with Crippen LogP contribution in [0, 0.1) is 0 Å². The average molecular weight is 390 g/mol. The molecule has 0 bridgehead atoms. The summed E-state index contributed by atoms with van der Waals surface area (Å²) in [5, 5.41) is 14.8. The molecule has 0 N–H and O–H groups in total. The third-order valence-corrected chi connectivity index (χ3v) is 6.61. The fourth-order valence-corrected chi connectivity index (χ4v) is 4.74. The van der Waals surface area contributed by atoms with Gasteiger partial charge in [-0.1, -0.05) is 23.9 Å². The fourth-order valence-electron chi connectivity index (χ4n) is 3.28. The van der Waals surface area contributed by atoms with Crippen LogP contribution >= 0.6 is 23.1 Å². The second kappa shape index (κ2) is 8.35. The van der Waals surface area contributed by atoms with Gasteiger partial charge in [-0.3, -0.25) is 4.79 Å². The van der Waals surface area contributed by atoms with E-state index in [2.05, 4.69) is 44.0 Å². The lowest BCUT2D eigenvalue weighted by Gasteiger charge is -2.27. The molecule has 1 saturated carbocycles. The summed E-state index contributed by atoms with van der Waals surface area (Å²) in [6, 6.07) is 4.60. The molecule has 0 unspecified atom stereocenters. The van der Waals surface area contributed by atoms with Gasteiger partial charge >= 0.3 is 0 Å². The molecule has 0 aromatic carbocycles. The first-order chi connectivity index (χ1) is 12.8. The van der Waals surface area contributed by atoms with Gasteiger partial charge in [-0.25, -0.2) is 4.68 Å². The molecule has 0 saturated heterocycles. The standard InChI is InChI=1S/C18H23N5OS2/c24-17(23(15-8-9-15)14-5-2-1-3-6-14)13-26-18-19-20-21-22(18)11-10-16-7-4-12-25-16/h4-5,7,12,15H,1-3,6,8-11,13H2. The summed E-state index contributed by atoms with van der Waals surface area (Å²) in [5.74, 6) is 0.589. The monoisotopic (exact) mass is 389 g/mol. The molecule has 6 nitrogen and oxygen atoms in total. The van der Waals surface area contributed by atoms with E-state index in [4.69, 9.17) is 0 Å². The number of hydrogen-bond acceptors (Lipinski definition) is 6. The number of allylic oxidation sites excluding steroid dienone is 2. The van der Waals surface area contributed by atoms with Crippen LogP contribution in [0.15, 0.2) is 34.4 Å². The maximum absolute atomic E-state index is 12.9. The van der Waals surface area contributed by atoms with Gasteiger partial charge < -0.3 is 4.90 Å². The summed E-state index contributed by atoms with van der Waals surface area (Å²) in [6.07, 6.45) is 9.99. The van der Waals surface area contributed by atoms with Crippen LogP contribution in [0.3, 0.4) is 0 Å². The quantitative estimate of drug-likeness (QED) is 0.647. The van der Waals surface area contributed by atoms with Gasteiger partial charge in [0.1, 0.15) is 0 Å². The predicted octanol–water partition coefficient (Wildman–Crippen LogP) is 3.52. The van der Waals surface area contributed by atoms with Gasteiger partial charge in [-0.2, -0.15) is 0 Å². The Morgan fingerprint density at radius 2 is 2.31 bits per heavy atom. The molecule has 0 spiro atoms. The maximum Gasteiger partial charge on any atom is 0.237 e. The number of aryl methyl sites for hydroxylation is 2. The largest absolute Gasteiger partial charge is 0.313 e. The molecule has 138 valence electrons. The van der Waals surface area contributed by atoms with Crippen molar-refractivity contribution in [1.29, 1.82) is 0 Å². The van der Waals surface area contributed by atoms with Gasteiger partial charge in [-0.15, -0.1) is 16.4 Å². The molecule has 2 aromatic heterocycles. The number of rotatable bonds is 8. The second-order valence-electron chi connectivity index (χ2n) is 6.74. The number of tetrazole rings is 1. The van der Waals surface area contributed by atoms with Crippen LogP contribution in [-0.2, 0) is 17.8 Å². The first kappa shape index (κ1) is 17.7. The summed E-state index contributed by atoms with van der Waals surface area (Å²) in [6.45, 7) is 0.738. The van der Waals surface area contributed by atoms with E-state index in [0.717, 1.165) is 43.8 Å². The highest BCUT2D eigenvalue weighted by molar-refractivity contribution is 7.99. The van der Waals surface area contributed by atoms with Crippen molar-refractivity contribution in [1.82, 2.24) is 25.1 Å². The van der Waals surface area contributed by atoms with Crippen LogP contribution in [0.25, 0.3) is 0 Å². The van der Waals surface area contributed by atoms with Gasteiger partial charge in [0, 0.05) is 23.0 Å². The van der Waals surface area contributed by atoms with Crippen LogP contribution < -0.4 is 0 Å². The Bertz CT molecular complexity index is 766. The Balaban J connectivity index is 1.35. The molecule has 2 aliphatic carbocycles. The Kier molecular flexibility index (Phi) is 5.69. The summed E-state index contributed by atoms with van der Waals surface area (Å²) in [7, 11) is 0. The topological polar surface area (TPSA) is 63.9 Å². The number of carbonyl (C=O) groups is 1. The number of aromatic nitrogens is 4. The maximum atomic E-state index is 12.9. The molecule has 2 aromatic rings. The molecular weight excluding hydrogens is 366 g/mol. The van der Waals surface area contributed by atoms with E-state index in [1.165, 1.54) is 35.2 Å². The summed E-state index contributed by atoms with van der Waals surface area (Å²) in [4.78, 5) is 16.2. The van der Waals surface area contributed by atoms with Gasteiger partial charge in [-0.05, 0) is 60.4 Å². The van der Waals surface area contributed by atoms with E-state index >= 15 is 0 Å². The van der Waals surface area contributed by atoms with Crippen molar-refractivity contribution in [2.75, 3.05) is 5.75 Å². The van der Waals surface area contributed by atoms with E-state index in [1.807, 2.05) is 0 Å². The lowest BCUT2D eigenvalue weighted by atomic mass is 10.0. The van der Waals surface area contributed by atoms with E-state index < -0.39 is 0 Å². The van der Waals surface area contributed by atoms with E-state index in [1.54, 1.807) is 16.0 Å². The zero-order chi connectivity index (χ0) is 17.8. The van der Waals surface area contributed by atoms with Crippen LogP contribution in [0.1, 0.15) is 43.4 Å². The van der Waals surface area contributed by atoms with Gasteiger partial charge in [0.25, 0.3) is 0 Å². The van der Waals surface area contributed by atoms with Crippen LogP contribution in [-0.4, -0.2) is 42.8 Å². The molecule has 0 atom stereocenters. The van der Waals surface area contributed by atoms with Crippen LogP contribution in [0.2, 0.25) is 0 Å². The van der Waals surface area contributed by atoms with Crippen molar-refractivity contribution in [3.05, 3.63) is 34.2 Å². The lowest BCUT2D eigenvalue weighted by molar-refractivity contribution is -0.127. The average Bonchev–Trinajstić information content (AvgIpc) is 3.18. The smallest absolute Gasteiger partial charge is 0.237 e.